The number of carbonyl (C=O) groups excluding carboxylic acids is 1. The van der Waals surface area contributed by atoms with Gasteiger partial charge in [-0.15, -0.1) is 0 Å². The maximum atomic E-state index is 12.2. The van der Waals surface area contributed by atoms with Crippen LogP contribution in [-0.2, 0) is 17.8 Å². The summed E-state index contributed by atoms with van der Waals surface area (Å²) in [4.78, 5) is 20.8. The van der Waals surface area contributed by atoms with E-state index in [4.69, 9.17) is 0 Å². The molecule has 0 unspecified atom stereocenters. The standard InChI is InChI=1S/C18H19N5O/c1-13-16(11-18(24)21-12-15-7-3-5-9-19-15)14(2)23(22-13)17-8-4-6-10-20-17/h3-10H,11-12H2,1-2H3,(H,21,24). The van der Waals surface area contributed by atoms with Crippen LogP contribution in [0.15, 0.2) is 48.8 Å². The molecule has 0 aliphatic heterocycles. The van der Waals surface area contributed by atoms with Gasteiger partial charge in [0.25, 0.3) is 0 Å². The van der Waals surface area contributed by atoms with Gasteiger partial charge in [0.15, 0.2) is 5.82 Å². The zero-order chi connectivity index (χ0) is 16.9. The van der Waals surface area contributed by atoms with Gasteiger partial charge in [-0.25, -0.2) is 9.67 Å². The van der Waals surface area contributed by atoms with Crippen molar-refractivity contribution in [2.45, 2.75) is 26.8 Å². The van der Waals surface area contributed by atoms with Crippen LogP contribution in [0, 0.1) is 13.8 Å². The summed E-state index contributed by atoms with van der Waals surface area (Å²) < 4.78 is 1.77. The first-order valence-corrected chi connectivity index (χ1v) is 7.78. The Morgan fingerprint density at radius 2 is 1.83 bits per heavy atom. The minimum absolute atomic E-state index is 0.0487. The van der Waals surface area contributed by atoms with Gasteiger partial charge in [0, 0.05) is 23.7 Å². The molecule has 0 saturated heterocycles. The highest BCUT2D eigenvalue weighted by molar-refractivity contribution is 5.79. The lowest BCUT2D eigenvalue weighted by Crippen LogP contribution is -2.25. The summed E-state index contributed by atoms with van der Waals surface area (Å²) in [7, 11) is 0. The second-order valence-electron chi connectivity index (χ2n) is 5.52. The molecule has 1 N–H and O–H groups in total. The first-order chi connectivity index (χ1) is 11.6. The molecule has 3 heterocycles. The third-order valence-electron chi connectivity index (χ3n) is 3.84. The largest absolute Gasteiger partial charge is 0.350 e. The molecule has 0 radical (unpaired) electrons. The van der Waals surface area contributed by atoms with E-state index in [2.05, 4.69) is 20.4 Å². The summed E-state index contributed by atoms with van der Waals surface area (Å²) in [6.07, 6.45) is 3.73. The molecule has 0 bridgehead atoms. The number of aromatic nitrogens is 4. The van der Waals surface area contributed by atoms with Crippen LogP contribution < -0.4 is 5.32 Å². The van der Waals surface area contributed by atoms with Crippen molar-refractivity contribution >= 4 is 5.91 Å². The van der Waals surface area contributed by atoms with Crippen LogP contribution in [0.1, 0.15) is 22.6 Å². The summed E-state index contributed by atoms with van der Waals surface area (Å²) in [5.74, 6) is 0.700. The molecular weight excluding hydrogens is 302 g/mol. The Balaban J connectivity index is 1.71. The minimum atomic E-state index is -0.0487. The molecule has 3 aromatic rings. The molecule has 1 amide bonds. The van der Waals surface area contributed by atoms with Gasteiger partial charge >= 0.3 is 0 Å². The Bertz CT molecular complexity index is 827. The highest BCUT2D eigenvalue weighted by Gasteiger charge is 2.16. The van der Waals surface area contributed by atoms with Crippen LogP contribution in [0.4, 0.5) is 0 Å². The zero-order valence-electron chi connectivity index (χ0n) is 13.7. The molecule has 24 heavy (non-hydrogen) atoms. The lowest BCUT2D eigenvalue weighted by atomic mass is 10.1. The van der Waals surface area contributed by atoms with Crippen LogP contribution in [0.3, 0.4) is 0 Å². The van der Waals surface area contributed by atoms with Crippen LogP contribution in [0.25, 0.3) is 5.82 Å². The zero-order valence-corrected chi connectivity index (χ0v) is 13.7. The van der Waals surface area contributed by atoms with Crippen molar-refractivity contribution in [1.82, 2.24) is 25.1 Å². The third-order valence-corrected chi connectivity index (χ3v) is 3.84. The molecule has 3 rings (SSSR count). The maximum Gasteiger partial charge on any atom is 0.224 e. The monoisotopic (exact) mass is 321 g/mol. The summed E-state index contributed by atoms with van der Waals surface area (Å²) in [5.41, 5.74) is 3.54. The van der Waals surface area contributed by atoms with E-state index >= 15 is 0 Å². The summed E-state index contributed by atoms with van der Waals surface area (Å²) in [5, 5.41) is 7.41. The van der Waals surface area contributed by atoms with Gasteiger partial charge in [0.2, 0.25) is 5.91 Å². The highest BCUT2D eigenvalue weighted by atomic mass is 16.1. The fraction of sp³-hybridized carbons (Fsp3) is 0.222. The van der Waals surface area contributed by atoms with Crippen LogP contribution in [-0.4, -0.2) is 25.7 Å². The van der Waals surface area contributed by atoms with Gasteiger partial charge in [0.1, 0.15) is 0 Å². The predicted octanol–water partition coefficient (Wildman–Crippen LogP) is 2.14. The van der Waals surface area contributed by atoms with E-state index in [-0.39, 0.29) is 12.3 Å². The molecular formula is C18H19N5O. The highest BCUT2D eigenvalue weighted by Crippen LogP contribution is 2.17. The first kappa shape index (κ1) is 15.9. The molecule has 0 fully saturated rings. The molecule has 122 valence electrons. The smallest absolute Gasteiger partial charge is 0.224 e. The van der Waals surface area contributed by atoms with E-state index in [1.165, 1.54) is 0 Å². The number of nitrogens with one attached hydrogen (secondary N) is 1. The second kappa shape index (κ2) is 7.04. The number of carbonyl (C=O) groups is 1. The topological polar surface area (TPSA) is 72.7 Å². The number of aryl methyl sites for hydroxylation is 1. The SMILES string of the molecule is Cc1nn(-c2ccccn2)c(C)c1CC(=O)NCc1ccccn1. The third kappa shape index (κ3) is 3.48. The van der Waals surface area contributed by atoms with Crippen molar-refractivity contribution in [2.24, 2.45) is 0 Å². The van der Waals surface area contributed by atoms with E-state index in [1.807, 2.05) is 50.2 Å². The fourth-order valence-corrected chi connectivity index (χ4v) is 2.55. The average Bonchev–Trinajstić information content (AvgIpc) is 2.90. The van der Waals surface area contributed by atoms with Gasteiger partial charge < -0.3 is 5.32 Å². The van der Waals surface area contributed by atoms with Crippen molar-refractivity contribution in [3.63, 3.8) is 0 Å². The van der Waals surface area contributed by atoms with Crippen molar-refractivity contribution < 1.29 is 4.79 Å². The number of pyridine rings is 2. The summed E-state index contributed by atoms with van der Waals surface area (Å²) in [6.45, 7) is 4.29. The average molecular weight is 321 g/mol. The number of hydrogen-bond acceptors (Lipinski definition) is 4. The van der Waals surface area contributed by atoms with Crippen molar-refractivity contribution in [3.8, 4) is 5.82 Å². The van der Waals surface area contributed by atoms with E-state index in [9.17, 15) is 4.79 Å². The predicted molar refractivity (Wildman–Crippen MR) is 90.6 cm³/mol. The van der Waals surface area contributed by atoms with Crippen LogP contribution in [0.2, 0.25) is 0 Å². The summed E-state index contributed by atoms with van der Waals surface area (Å²) >= 11 is 0. The molecule has 0 saturated carbocycles. The number of amides is 1. The Hall–Kier alpha value is -3.02. The van der Waals surface area contributed by atoms with Gasteiger partial charge in [-0.3, -0.25) is 9.78 Å². The van der Waals surface area contributed by atoms with Crippen molar-refractivity contribution in [3.05, 3.63) is 71.4 Å². The summed E-state index contributed by atoms with van der Waals surface area (Å²) in [6, 6.07) is 11.3. The number of rotatable bonds is 5. The fourth-order valence-electron chi connectivity index (χ4n) is 2.55. The normalized spacial score (nSPS) is 10.6. The Morgan fingerprint density at radius 1 is 1.08 bits per heavy atom. The number of hydrogen-bond donors (Lipinski definition) is 1. The maximum absolute atomic E-state index is 12.2. The Morgan fingerprint density at radius 3 is 2.50 bits per heavy atom. The Labute approximate surface area is 140 Å². The molecule has 0 aliphatic rings. The van der Waals surface area contributed by atoms with Gasteiger partial charge in [0.05, 0.1) is 24.4 Å². The lowest BCUT2D eigenvalue weighted by molar-refractivity contribution is -0.120. The molecule has 0 spiro atoms. The van der Waals surface area contributed by atoms with Crippen LogP contribution >= 0.6 is 0 Å². The van der Waals surface area contributed by atoms with Gasteiger partial charge in [-0.1, -0.05) is 12.1 Å². The number of nitrogens with zero attached hydrogens (tertiary/aromatic N) is 4. The van der Waals surface area contributed by atoms with E-state index in [0.29, 0.717) is 6.54 Å². The van der Waals surface area contributed by atoms with Gasteiger partial charge in [-0.2, -0.15) is 5.10 Å². The van der Waals surface area contributed by atoms with Crippen molar-refractivity contribution in [2.75, 3.05) is 0 Å². The van der Waals surface area contributed by atoms with E-state index < -0.39 is 0 Å². The van der Waals surface area contributed by atoms with E-state index in [1.54, 1.807) is 17.1 Å². The molecule has 6 nitrogen and oxygen atoms in total. The Kier molecular flexibility index (Phi) is 4.65. The molecule has 6 heteroatoms. The van der Waals surface area contributed by atoms with Gasteiger partial charge in [-0.05, 0) is 38.1 Å². The lowest BCUT2D eigenvalue weighted by Gasteiger charge is -2.06. The van der Waals surface area contributed by atoms with E-state index in [0.717, 1.165) is 28.5 Å². The molecule has 0 aliphatic carbocycles. The van der Waals surface area contributed by atoms with Crippen LogP contribution in [0.5, 0.6) is 0 Å². The molecule has 3 aromatic heterocycles. The first-order valence-electron chi connectivity index (χ1n) is 7.78. The minimum Gasteiger partial charge on any atom is -0.350 e. The second-order valence-corrected chi connectivity index (χ2v) is 5.52. The quantitative estimate of drug-likeness (QED) is 0.781. The molecule has 0 atom stereocenters. The van der Waals surface area contributed by atoms with Crippen molar-refractivity contribution in [1.29, 1.82) is 0 Å². The molecule has 0 aromatic carbocycles.